The van der Waals surface area contributed by atoms with Gasteiger partial charge in [0.25, 0.3) is 0 Å². The molecule has 2 N–H and O–H groups in total. The molecule has 0 saturated carbocycles. The van der Waals surface area contributed by atoms with Gasteiger partial charge in [0.1, 0.15) is 11.6 Å². The van der Waals surface area contributed by atoms with Gasteiger partial charge in [-0.25, -0.2) is 4.39 Å². The molecule has 2 unspecified atom stereocenters. The Labute approximate surface area is 112 Å². The fraction of sp³-hybridized carbons (Fsp3) is 0.500. The molecule has 0 bridgehead atoms. The molecule has 104 valence electrons. The van der Waals surface area contributed by atoms with Crippen molar-refractivity contribution in [2.45, 2.75) is 24.8 Å². The number of rotatable bonds is 3. The van der Waals surface area contributed by atoms with E-state index in [0.29, 0.717) is 12.2 Å². The number of likely N-dealkylation sites (N-methyl/N-ethyl adjacent to an activating group) is 1. The van der Waals surface area contributed by atoms with Crippen molar-refractivity contribution in [2.75, 3.05) is 20.7 Å². The number of piperidine rings is 1. The number of hydrogen-bond donors (Lipinski definition) is 2. The summed E-state index contributed by atoms with van der Waals surface area (Å²) in [6.45, 7) is 0.739. The van der Waals surface area contributed by atoms with Gasteiger partial charge in [-0.15, -0.1) is 0 Å². The third kappa shape index (κ3) is 3.04. The molecular formula is C14H19FN2O2. The van der Waals surface area contributed by atoms with E-state index in [1.54, 1.807) is 20.2 Å². The zero-order valence-electron chi connectivity index (χ0n) is 11.2. The Hall–Kier alpha value is -1.62. The van der Waals surface area contributed by atoms with Crippen LogP contribution in [0.4, 0.5) is 4.39 Å². The predicted molar refractivity (Wildman–Crippen MR) is 70.8 cm³/mol. The van der Waals surface area contributed by atoms with Crippen molar-refractivity contribution in [3.63, 3.8) is 0 Å². The average Bonchev–Trinajstić information content (AvgIpc) is 2.46. The maximum atomic E-state index is 13.4. The second-order valence-electron chi connectivity index (χ2n) is 4.73. The number of ether oxygens (including phenoxy) is 1. The summed E-state index contributed by atoms with van der Waals surface area (Å²) in [7, 11) is 3.20. The van der Waals surface area contributed by atoms with E-state index < -0.39 is 0 Å². The van der Waals surface area contributed by atoms with Crippen LogP contribution in [0, 0.1) is 5.82 Å². The normalized spacial score (nSPS) is 22.9. The van der Waals surface area contributed by atoms with Crippen molar-refractivity contribution < 1.29 is 13.9 Å². The quantitative estimate of drug-likeness (QED) is 0.870. The van der Waals surface area contributed by atoms with Gasteiger partial charge in [0, 0.05) is 12.6 Å². The Balaban J connectivity index is 2.21. The molecular weight excluding hydrogens is 247 g/mol. The lowest BCUT2D eigenvalue weighted by atomic mass is 9.85. The van der Waals surface area contributed by atoms with E-state index in [-0.39, 0.29) is 23.7 Å². The fourth-order valence-corrected chi connectivity index (χ4v) is 2.60. The highest BCUT2D eigenvalue weighted by atomic mass is 19.1. The van der Waals surface area contributed by atoms with Gasteiger partial charge in [-0.2, -0.15) is 0 Å². The molecule has 1 saturated heterocycles. The number of hydrogen-bond acceptors (Lipinski definition) is 3. The molecule has 0 aliphatic carbocycles. The van der Waals surface area contributed by atoms with Crippen molar-refractivity contribution in [1.82, 2.24) is 10.6 Å². The van der Waals surface area contributed by atoms with Crippen molar-refractivity contribution in [3.05, 3.63) is 29.6 Å². The summed E-state index contributed by atoms with van der Waals surface area (Å²) < 4.78 is 18.7. The average molecular weight is 266 g/mol. The smallest absolute Gasteiger partial charge is 0.236 e. The minimum absolute atomic E-state index is 0.0277. The number of nitrogens with one attached hydrogen (secondary N) is 2. The van der Waals surface area contributed by atoms with Gasteiger partial charge in [-0.05, 0) is 43.5 Å². The molecule has 1 aromatic rings. The minimum Gasteiger partial charge on any atom is -0.496 e. The lowest BCUT2D eigenvalue weighted by Gasteiger charge is -2.30. The molecule has 0 aromatic heterocycles. The van der Waals surface area contributed by atoms with E-state index in [2.05, 4.69) is 10.6 Å². The summed E-state index contributed by atoms with van der Waals surface area (Å²) in [5.41, 5.74) is 0.845. The van der Waals surface area contributed by atoms with Crippen LogP contribution in [0.5, 0.6) is 5.75 Å². The van der Waals surface area contributed by atoms with E-state index in [9.17, 15) is 9.18 Å². The van der Waals surface area contributed by atoms with E-state index in [1.165, 1.54) is 12.1 Å². The maximum Gasteiger partial charge on any atom is 0.236 e. The molecule has 2 atom stereocenters. The standard InChI is InChI=1S/C14H19FN2O2/c1-16-14(18)12-7-9(5-6-17-12)11-8-10(15)3-4-13(11)19-2/h3-4,8-9,12,17H,5-7H2,1-2H3,(H,16,18). The molecule has 5 heteroatoms. The first-order valence-electron chi connectivity index (χ1n) is 6.44. The lowest BCUT2D eigenvalue weighted by molar-refractivity contribution is -0.123. The van der Waals surface area contributed by atoms with Crippen LogP contribution in [0.15, 0.2) is 18.2 Å². The fourth-order valence-electron chi connectivity index (χ4n) is 2.60. The topological polar surface area (TPSA) is 50.4 Å². The van der Waals surface area contributed by atoms with Crippen LogP contribution < -0.4 is 15.4 Å². The van der Waals surface area contributed by atoms with Gasteiger partial charge >= 0.3 is 0 Å². The molecule has 2 rings (SSSR count). The third-order valence-electron chi connectivity index (χ3n) is 3.60. The Morgan fingerprint density at radius 2 is 2.32 bits per heavy atom. The third-order valence-corrected chi connectivity index (χ3v) is 3.60. The molecule has 1 aliphatic heterocycles. The molecule has 0 spiro atoms. The SMILES string of the molecule is CNC(=O)C1CC(c2cc(F)ccc2OC)CCN1. The summed E-state index contributed by atoms with van der Waals surface area (Å²) in [5.74, 6) is 0.518. The Kier molecular flexibility index (Phi) is 4.37. The highest BCUT2D eigenvalue weighted by Gasteiger charge is 2.28. The Morgan fingerprint density at radius 1 is 1.53 bits per heavy atom. The second-order valence-corrected chi connectivity index (χ2v) is 4.73. The molecule has 0 radical (unpaired) electrons. The number of amides is 1. The first-order chi connectivity index (χ1) is 9.15. The number of halogens is 1. The lowest BCUT2D eigenvalue weighted by Crippen LogP contribution is -2.47. The number of carbonyl (C=O) groups excluding carboxylic acids is 1. The van der Waals surface area contributed by atoms with E-state index in [4.69, 9.17) is 4.74 Å². The molecule has 1 aliphatic rings. The Bertz CT molecular complexity index is 465. The summed E-state index contributed by atoms with van der Waals surface area (Å²) in [4.78, 5) is 11.7. The van der Waals surface area contributed by atoms with Gasteiger partial charge in [0.2, 0.25) is 5.91 Å². The zero-order chi connectivity index (χ0) is 13.8. The zero-order valence-corrected chi connectivity index (χ0v) is 11.2. The van der Waals surface area contributed by atoms with Gasteiger partial charge in [-0.3, -0.25) is 4.79 Å². The summed E-state index contributed by atoms with van der Waals surface area (Å²) >= 11 is 0. The maximum absolute atomic E-state index is 13.4. The molecule has 1 heterocycles. The van der Waals surface area contributed by atoms with Crippen LogP contribution in [-0.2, 0) is 4.79 Å². The summed E-state index contributed by atoms with van der Waals surface area (Å²) in [6.07, 6.45) is 1.52. The minimum atomic E-state index is -0.272. The molecule has 1 aromatic carbocycles. The van der Waals surface area contributed by atoms with Crippen LogP contribution >= 0.6 is 0 Å². The first kappa shape index (κ1) is 13.8. The van der Waals surface area contributed by atoms with Crippen LogP contribution in [-0.4, -0.2) is 32.7 Å². The largest absolute Gasteiger partial charge is 0.496 e. The van der Waals surface area contributed by atoms with Crippen LogP contribution in [0.25, 0.3) is 0 Å². The highest BCUT2D eigenvalue weighted by Crippen LogP contribution is 2.34. The van der Waals surface area contributed by atoms with Gasteiger partial charge in [-0.1, -0.05) is 0 Å². The van der Waals surface area contributed by atoms with Crippen molar-refractivity contribution >= 4 is 5.91 Å². The number of benzene rings is 1. The monoisotopic (exact) mass is 266 g/mol. The number of carbonyl (C=O) groups is 1. The van der Waals surface area contributed by atoms with Crippen molar-refractivity contribution in [3.8, 4) is 5.75 Å². The van der Waals surface area contributed by atoms with Crippen LogP contribution in [0.1, 0.15) is 24.3 Å². The van der Waals surface area contributed by atoms with E-state index in [0.717, 1.165) is 18.5 Å². The van der Waals surface area contributed by atoms with Crippen LogP contribution in [0.3, 0.4) is 0 Å². The predicted octanol–water partition coefficient (Wildman–Crippen LogP) is 1.42. The Morgan fingerprint density at radius 3 is 3.00 bits per heavy atom. The van der Waals surface area contributed by atoms with Gasteiger partial charge in [0.15, 0.2) is 0 Å². The van der Waals surface area contributed by atoms with Gasteiger partial charge < -0.3 is 15.4 Å². The summed E-state index contributed by atoms with van der Waals surface area (Å²) in [6, 6.07) is 4.31. The van der Waals surface area contributed by atoms with Crippen LogP contribution in [0.2, 0.25) is 0 Å². The molecule has 1 fully saturated rings. The van der Waals surface area contributed by atoms with Gasteiger partial charge in [0.05, 0.1) is 13.2 Å². The van der Waals surface area contributed by atoms with Crippen molar-refractivity contribution in [2.24, 2.45) is 0 Å². The number of methoxy groups -OCH3 is 1. The van der Waals surface area contributed by atoms with E-state index in [1.807, 2.05) is 0 Å². The molecule has 4 nitrogen and oxygen atoms in total. The van der Waals surface area contributed by atoms with Crippen molar-refractivity contribution in [1.29, 1.82) is 0 Å². The van der Waals surface area contributed by atoms with E-state index >= 15 is 0 Å². The second kappa shape index (κ2) is 6.02. The molecule has 19 heavy (non-hydrogen) atoms. The summed E-state index contributed by atoms with van der Waals surface area (Å²) in [5, 5.41) is 5.81. The molecule has 1 amide bonds. The first-order valence-corrected chi connectivity index (χ1v) is 6.44. The highest BCUT2D eigenvalue weighted by molar-refractivity contribution is 5.81.